The van der Waals surface area contributed by atoms with E-state index >= 15 is 0 Å². The maximum absolute atomic E-state index is 12.3. The number of hydrogen-bond donors (Lipinski definition) is 2. The topological polar surface area (TPSA) is 88.3 Å². The van der Waals surface area contributed by atoms with E-state index in [4.69, 9.17) is 5.84 Å². The largest absolute Gasteiger partial charge is 0.308 e. The molecule has 3 N–H and O–H groups in total. The summed E-state index contributed by atoms with van der Waals surface area (Å²) in [6, 6.07) is 2.85. The van der Waals surface area contributed by atoms with E-state index in [2.05, 4.69) is 10.4 Å². The number of nitrogen functional groups attached to an aromatic ring is 1. The van der Waals surface area contributed by atoms with Gasteiger partial charge >= 0.3 is 0 Å². The number of aromatic nitrogens is 1. The third kappa shape index (κ3) is 3.18. The van der Waals surface area contributed by atoms with E-state index in [9.17, 15) is 8.42 Å². The first kappa shape index (κ1) is 14.9. The molecule has 7 heteroatoms. The summed E-state index contributed by atoms with van der Waals surface area (Å²) in [7, 11) is -1.91. The monoisotopic (exact) mass is 272 g/mol. The fourth-order valence-corrected chi connectivity index (χ4v) is 3.06. The maximum atomic E-state index is 12.3. The highest BCUT2D eigenvalue weighted by molar-refractivity contribution is 7.89. The van der Waals surface area contributed by atoms with Crippen molar-refractivity contribution in [2.75, 3.05) is 12.5 Å². The van der Waals surface area contributed by atoms with Gasteiger partial charge < -0.3 is 5.43 Å². The number of nitrogens with zero attached hydrogens (tertiary/aromatic N) is 2. The summed E-state index contributed by atoms with van der Waals surface area (Å²) < 4.78 is 26.1. The Morgan fingerprint density at radius 3 is 2.78 bits per heavy atom. The van der Waals surface area contributed by atoms with Gasteiger partial charge in [0.2, 0.25) is 10.0 Å². The smallest absolute Gasteiger partial charge is 0.243 e. The molecule has 0 bridgehead atoms. The van der Waals surface area contributed by atoms with Gasteiger partial charge in [-0.05, 0) is 19.4 Å². The van der Waals surface area contributed by atoms with Crippen LogP contribution in [0.2, 0.25) is 0 Å². The van der Waals surface area contributed by atoms with Gasteiger partial charge in [0, 0.05) is 25.4 Å². The summed E-state index contributed by atoms with van der Waals surface area (Å²) in [4.78, 5) is 4.08. The Morgan fingerprint density at radius 1 is 1.56 bits per heavy atom. The van der Waals surface area contributed by atoms with Crippen LogP contribution in [-0.2, 0) is 10.0 Å². The molecule has 1 heterocycles. The average Bonchev–Trinajstić information content (AvgIpc) is 2.38. The molecule has 1 unspecified atom stereocenters. The first-order valence-corrected chi connectivity index (χ1v) is 7.28. The van der Waals surface area contributed by atoms with E-state index in [0.717, 1.165) is 12.8 Å². The third-order valence-electron chi connectivity index (χ3n) is 2.88. The van der Waals surface area contributed by atoms with E-state index in [1.807, 2.05) is 13.8 Å². The standard InChI is InChI=1S/C11H20N4O2S/c1-4-5-9(2)15(3)18(16,17)10-6-7-13-11(8-10)14-12/h6-9H,4-5,12H2,1-3H3,(H,13,14). The summed E-state index contributed by atoms with van der Waals surface area (Å²) >= 11 is 0. The lowest BCUT2D eigenvalue weighted by atomic mass is 10.2. The fraction of sp³-hybridized carbons (Fsp3) is 0.545. The Morgan fingerprint density at radius 2 is 2.22 bits per heavy atom. The van der Waals surface area contributed by atoms with Crippen LogP contribution in [0.1, 0.15) is 26.7 Å². The van der Waals surface area contributed by atoms with E-state index < -0.39 is 10.0 Å². The molecule has 0 aliphatic carbocycles. The zero-order chi connectivity index (χ0) is 13.8. The number of rotatable bonds is 6. The Balaban J connectivity index is 3.05. The third-order valence-corrected chi connectivity index (χ3v) is 4.85. The molecule has 0 amide bonds. The van der Waals surface area contributed by atoms with Crippen molar-refractivity contribution in [2.45, 2.75) is 37.6 Å². The predicted molar refractivity (Wildman–Crippen MR) is 71.4 cm³/mol. The number of hydrazine groups is 1. The van der Waals surface area contributed by atoms with E-state index in [0.29, 0.717) is 5.82 Å². The molecule has 0 spiro atoms. The molecule has 1 rings (SSSR count). The van der Waals surface area contributed by atoms with Gasteiger partial charge in [-0.2, -0.15) is 4.31 Å². The van der Waals surface area contributed by atoms with Gasteiger partial charge in [0.1, 0.15) is 5.82 Å². The number of nitrogens with one attached hydrogen (secondary N) is 1. The van der Waals surface area contributed by atoms with Gasteiger partial charge in [-0.15, -0.1) is 0 Å². The molecule has 0 radical (unpaired) electrons. The predicted octanol–water partition coefficient (Wildman–Crippen LogP) is 1.18. The first-order chi connectivity index (χ1) is 8.43. The second-order valence-corrected chi connectivity index (χ2v) is 6.18. The molecule has 1 atom stereocenters. The fourth-order valence-electron chi connectivity index (χ4n) is 1.65. The van der Waals surface area contributed by atoms with Gasteiger partial charge in [0.05, 0.1) is 4.90 Å². The lowest BCUT2D eigenvalue weighted by molar-refractivity contribution is 0.368. The Labute approximate surface area is 108 Å². The lowest BCUT2D eigenvalue weighted by Gasteiger charge is -2.24. The van der Waals surface area contributed by atoms with Crippen molar-refractivity contribution in [1.82, 2.24) is 9.29 Å². The number of hydrogen-bond acceptors (Lipinski definition) is 5. The van der Waals surface area contributed by atoms with Crippen LogP contribution in [0.25, 0.3) is 0 Å². The van der Waals surface area contributed by atoms with Gasteiger partial charge in [-0.3, -0.25) is 0 Å². The minimum absolute atomic E-state index is 0.0394. The zero-order valence-corrected chi connectivity index (χ0v) is 11.7. The molecule has 18 heavy (non-hydrogen) atoms. The Hall–Kier alpha value is -1.18. The normalized spacial score (nSPS) is 13.6. The van der Waals surface area contributed by atoms with Crippen LogP contribution in [0, 0.1) is 0 Å². The molecule has 0 saturated carbocycles. The second kappa shape index (κ2) is 6.12. The van der Waals surface area contributed by atoms with Crippen LogP contribution in [0.3, 0.4) is 0 Å². The molecule has 0 fully saturated rings. The SMILES string of the molecule is CCCC(C)N(C)S(=O)(=O)c1ccnc(NN)c1. The highest BCUT2D eigenvalue weighted by atomic mass is 32.2. The van der Waals surface area contributed by atoms with Crippen molar-refractivity contribution in [1.29, 1.82) is 0 Å². The van der Waals surface area contributed by atoms with E-state index in [-0.39, 0.29) is 10.9 Å². The number of anilines is 1. The molecule has 0 aromatic carbocycles. The maximum Gasteiger partial charge on any atom is 0.243 e. The summed E-state index contributed by atoms with van der Waals surface area (Å²) in [5.41, 5.74) is 2.34. The first-order valence-electron chi connectivity index (χ1n) is 5.84. The van der Waals surface area contributed by atoms with Crippen molar-refractivity contribution in [3.05, 3.63) is 18.3 Å². The summed E-state index contributed by atoms with van der Waals surface area (Å²) in [6.45, 7) is 3.92. The summed E-state index contributed by atoms with van der Waals surface area (Å²) in [6.07, 6.45) is 3.18. The quantitative estimate of drug-likeness (QED) is 0.599. The Kier molecular flexibility index (Phi) is 5.06. The number of pyridine rings is 1. The number of nitrogens with two attached hydrogens (primary N) is 1. The van der Waals surface area contributed by atoms with Crippen LogP contribution in [0.5, 0.6) is 0 Å². The van der Waals surface area contributed by atoms with Crippen molar-refractivity contribution in [2.24, 2.45) is 5.84 Å². The minimum Gasteiger partial charge on any atom is -0.308 e. The molecule has 0 saturated heterocycles. The van der Waals surface area contributed by atoms with E-state index in [1.165, 1.54) is 22.6 Å². The minimum atomic E-state index is -3.50. The van der Waals surface area contributed by atoms with Crippen LogP contribution in [0.15, 0.2) is 23.2 Å². The zero-order valence-electron chi connectivity index (χ0n) is 10.9. The highest BCUT2D eigenvalue weighted by Gasteiger charge is 2.25. The molecular formula is C11H20N4O2S. The van der Waals surface area contributed by atoms with Crippen molar-refractivity contribution in [3.63, 3.8) is 0 Å². The average molecular weight is 272 g/mol. The molecule has 0 aliphatic rings. The highest BCUT2D eigenvalue weighted by Crippen LogP contribution is 2.19. The van der Waals surface area contributed by atoms with Crippen molar-refractivity contribution >= 4 is 15.8 Å². The van der Waals surface area contributed by atoms with Gasteiger partial charge in [0.25, 0.3) is 0 Å². The van der Waals surface area contributed by atoms with Crippen molar-refractivity contribution in [3.8, 4) is 0 Å². The Bertz CT molecular complexity index is 490. The molecule has 0 aliphatic heterocycles. The van der Waals surface area contributed by atoms with Gasteiger partial charge in [-0.25, -0.2) is 19.2 Å². The molecule has 6 nitrogen and oxygen atoms in total. The molecule has 1 aromatic rings. The van der Waals surface area contributed by atoms with Crippen LogP contribution >= 0.6 is 0 Å². The second-order valence-electron chi connectivity index (χ2n) is 4.18. The molecule has 102 valence electrons. The van der Waals surface area contributed by atoms with Gasteiger partial charge in [0.15, 0.2) is 0 Å². The van der Waals surface area contributed by atoms with Gasteiger partial charge in [-0.1, -0.05) is 13.3 Å². The van der Waals surface area contributed by atoms with Crippen LogP contribution in [-0.4, -0.2) is 30.8 Å². The van der Waals surface area contributed by atoms with E-state index in [1.54, 1.807) is 7.05 Å². The summed E-state index contributed by atoms with van der Waals surface area (Å²) in [5.74, 6) is 5.55. The van der Waals surface area contributed by atoms with Crippen molar-refractivity contribution < 1.29 is 8.42 Å². The molecule has 1 aromatic heterocycles. The summed E-state index contributed by atoms with van der Waals surface area (Å²) in [5, 5.41) is 0. The van der Waals surface area contributed by atoms with Crippen LogP contribution in [0.4, 0.5) is 5.82 Å². The molecular weight excluding hydrogens is 252 g/mol. The lowest BCUT2D eigenvalue weighted by Crippen LogP contribution is -2.35. The van der Waals surface area contributed by atoms with Crippen LogP contribution < -0.4 is 11.3 Å². The number of sulfonamides is 1.